The summed E-state index contributed by atoms with van der Waals surface area (Å²) >= 11 is 0. The molecule has 118 valence electrons. The zero-order chi connectivity index (χ0) is 15.2. The minimum absolute atomic E-state index is 0.322. The maximum Gasteiger partial charge on any atom is 0.407 e. The fourth-order valence-electron chi connectivity index (χ4n) is 2.63. The number of nitrogens with one attached hydrogen (secondary N) is 2. The van der Waals surface area contributed by atoms with Gasteiger partial charge in [-0.1, -0.05) is 13.8 Å². The van der Waals surface area contributed by atoms with E-state index < -0.39 is 5.60 Å². The normalized spacial score (nSPS) is 27.1. The van der Waals surface area contributed by atoms with Gasteiger partial charge in [0.1, 0.15) is 5.60 Å². The molecule has 20 heavy (non-hydrogen) atoms. The second kappa shape index (κ2) is 7.87. The molecule has 0 heterocycles. The Morgan fingerprint density at radius 3 is 2.45 bits per heavy atom. The topological polar surface area (TPSA) is 50.4 Å². The van der Waals surface area contributed by atoms with E-state index in [0.29, 0.717) is 12.6 Å². The first kappa shape index (κ1) is 17.3. The number of hydrogen-bond donors (Lipinski definition) is 2. The first-order chi connectivity index (χ1) is 9.28. The van der Waals surface area contributed by atoms with E-state index in [0.717, 1.165) is 24.8 Å². The SMILES string of the molecule is C[C@@H]1CC[C@@H](NCCCNC(=O)OC(C)(C)C)C[C@H]1C. The van der Waals surface area contributed by atoms with Crippen LogP contribution in [0.2, 0.25) is 0 Å². The van der Waals surface area contributed by atoms with Crippen molar-refractivity contribution in [1.29, 1.82) is 0 Å². The molecule has 0 aromatic carbocycles. The van der Waals surface area contributed by atoms with Crippen molar-refractivity contribution in [2.45, 2.75) is 71.9 Å². The standard InChI is InChI=1S/C16H32N2O2/c1-12-7-8-14(11-13(12)2)17-9-6-10-18-15(19)20-16(3,4)5/h12-14,17H,6-11H2,1-5H3,(H,18,19)/t12-,13-,14-/m1/s1. The van der Waals surface area contributed by atoms with Crippen molar-refractivity contribution >= 4 is 6.09 Å². The van der Waals surface area contributed by atoms with Gasteiger partial charge in [0.15, 0.2) is 0 Å². The van der Waals surface area contributed by atoms with E-state index >= 15 is 0 Å². The van der Waals surface area contributed by atoms with Crippen molar-refractivity contribution in [2.24, 2.45) is 11.8 Å². The molecule has 0 spiro atoms. The number of carbonyl (C=O) groups is 1. The Hall–Kier alpha value is -0.770. The fourth-order valence-corrected chi connectivity index (χ4v) is 2.63. The third kappa shape index (κ3) is 7.13. The van der Waals surface area contributed by atoms with Crippen molar-refractivity contribution in [3.8, 4) is 0 Å². The van der Waals surface area contributed by atoms with E-state index in [-0.39, 0.29) is 6.09 Å². The summed E-state index contributed by atoms with van der Waals surface area (Å²) in [5, 5.41) is 6.39. The largest absolute Gasteiger partial charge is 0.444 e. The second-order valence-electron chi connectivity index (χ2n) is 7.20. The molecular weight excluding hydrogens is 252 g/mol. The number of rotatable bonds is 5. The average Bonchev–Trinajstić information content (AvgIpc) is 2.31. The lowest BCUT2D eigenvalue weighted by Crippen LogP contribution is -2.38. The number of carbonyl (C=O) groups excluding carboxylic acids is 1. The predicted octanol–water partition coefficient (Wildman–Crippen LogP) is 3.32. The summed E-state index contributed by atoms with van der Waals surface area (Å²) in [6.07, 6.45) is 4.51. The van der Waals surface area contributed by atoms with Gasteiger partial charge in [-0.05, 0) is 64.8 Å². The number of hydrogen-bond acceptors (Lipinski definition) is 3. The molecule has 0 radical (unpaired) electrons. The molecule has 1 fully saturated rings. The summed E-state index contributed by atoms with van der Waals surface area (Å²) in [6.45, 7) is 12.0. The molecule has 0 bridgehead atoms. The van der Waals surface area contributed by atoms with Gasteiger partial charge in [0, 0.05) is 12.6 Å². The van der Waals surface area contributed by atoms with Crippen molar-refractivity contribution in [3.63, 3.8) is 0 Å². The van der Waals surface area contributed by atoms with Gasteiger partial charge in [-0.25, -0.2) is 4.79 Å². The zero-order valence-corrected chi connectivity index (χ0v) is 13.8. The minimum Gasteiger partial charge on any atom is -0.444 e. The molecule has 1 saturated carbocycles. The van der Waals surface area contributed by atoms with E-state index in [2.05, 4.69) is 24.5 Å². The molecule has 1 amide bonds. The van der Waals surface area contributed by atoms with Crippen LogP contribution in [-0.4, -0.2) is 30.8 Å². The number of alkyl carbamates (subject to hydrolysis) is 1. The fraction of sp³-hybridized carbons (Fsp3) is 0.938. The van der Waals surface area contributed by atoms with E-state index in [1.807, 2.05) is 20.8 Å². The first-order valence-corrected chi connectivity index (χ1v) is 7.98. The van der Waals surface area contributed by atoms with Gasteiger partial charge >= 0.3 is 6.09 Å². The van der Waals surface area contributed by atoms with Gasteiger partial charge in [-0.15, -0.1) is 0 Å². The van der Waals surface area contributed by atoms with Crippen LogP contribution in [0, 0.1) is 11.8 Å². The van der Waals surface area contributed by atoms with E-state index in [1.165, 1.54) is 19.3 Å². The summed E-state index contributed by atoms with van der Waals surface area (Å²) < 4.78 is 5.19. The highest BCUT2D eigenvalue weighted by Gasteiger charge is 2.23. The molecule has 0 aromatic heterocycles. The smallest absolute Gasteiger partial charge is 0.407 e. The summed E-state index contributed by atoms with van der Waals surface area (Å²) in [5.74, 6) is 1.68. The molecule has 2 N–H and O–H groups in total. The van der Waals surface area contributed by atoms with Crippen LogP contribution >= 0.6 is 0 Å². The molecule has 1 rings (SSSR count). The molecule has 0 saturated heterocycles. The van der Waals surface area contributed by atoms with Crippen LogP contribution in [0.4, 0.5) is 4.79 Å². The third-order valence-corrected chi connectivity index (χ3v) is 4.05. The van der Waals surface area contributed by atoms with Crippen LogP contribution in [0.25, 0.3) is 0 Å². The Morgan fingerprint density at radius 1 is 1.15 bits per heavy atom. The third-order valence-electron chi connectivity index (χ3n) is 4.05. The molecule has 0 aromatic rings. The summed E-state index contributed by atoms with van der Waals surface area (Å²) in [5.41, 5.74) is -0.419. The van der Waals surface area contributed by atoms with Crippen LogP contribution in [0.3, 0.4) is 0 Å². The van der Waals surface area contributed by atoms with Crippen molar-refractivity contribution in [1.82, 2.24) is 10.6 Å². The Kier molecular flexibility index (Phi) is 6.80. The maximum absolute atomic E-state index is 11.4. The Morgan fingerprint density at radius 2 is 1.85 bits per heavy atom. The molecule has 0 unspecified atom stereocenters. The molecule has 4 heteroatoms. The van der Waals surface area contributed by atoms with Crippen molar-refractivity contribution in [2.75, 3.05) is 13.1 Å². The van der Waals surface area contributed by atoms with Gasteiger partial charge in [0.05, 0.1) is 0 Å². The minimum atomic E-state index is -0.419. The maximum atomic E-state index is 11.4. The lowest BCUT2D eigenvalue weighted by molar-refractivity contribution is 0.0527. The lowest BCUT2D eigenvalue weighted by atomic mass is 9.79. The van der Waals surface area contributed by atoms with Gasteiger partial charge in [-0.3, -0.25) is 0 Å². The monoisotopic (exact) mass is 284 g/mol. The predicted molar refractivity (Wildman–Crippen MR) is 82.8 cm³/mol. The Bertz CT molecular complexity index is 299. The number of ether oxygens (including phenoxy) is 1. The molecule has 4 nitrogen and oxygen atoms in total. The highest BCUT2D eigenvalue weighted by molar-refractivity contribution is 5.67. The van der Waals surface area contributed by atoms with Crippen molar-refractivity contribution < 1.29 is 9.53 Å². The molecule has 1 aliphatic carbocycles. The lowest BCUT2D eigenvalue weighted by Gasteiger charge is -2.32. The first-order valence-electron chi connectivity index (χ1n) is 7.98. The number of amides is 1. The van der Waals surface area contributed by atoms with E-state index in [4.69, 9.17) is 4.74 Å². The van der Waals surface area contributed by atoms with Crippen LogP contribution in [0.5, 0.6) is 0 Å². The highest BCUT2D eigenvalue weighted by Crippen LogP contribution is 2.29. The Labute approximate surface area is 124 Å². The zero-order valence-electron chi connectivity index (χ0n) is 13.8. The summed E-state index contributed by atoms with van der Waals surface area (Å²) in [6, 6.07) is 0.655. The molecule has 0 aliphatic heterocycles. The van der Waals surface area contributed by atoms with Gasteiger partial charge in [0.25, 0.3) is 0 Å². The average molecular weight is 284 g/mol. The molecule has 3 atom stereocenters. The van der Waals surface area contributed by atoms with Crippen LogP contribution in [0.15, 0.2) is 0 Å². The van der Waals surface area contributed by atoms with Crippen LogP contribution < -0.4 is 10.6 Å². The van der Waals surface area contributed by atoms with E-state index in [1.54, 1.807) is 0 Å². The molecule has 1 aliphatic rings. The quantitative estimate of drug-likeness (QED) is 0.761. The van der Waals surface area contributed by atoms with E-state index in [9.17, 15) is 4.79 Å². The van der Waals surface area contributed by atoms with Crippen LogP contribution in [0.1, 0.15) is 60.3 Å². The highest BCUT2D eigenvalue weighted by atomic mass is 16.6. The summed E-state index contributed by atoms with van der Waals surface area (Å²) in [4.78, 5) is 11.4. The molecular formula is C16H32N2O2. The van der Waals surface area contributed by atoms with Gasteiger partial charge in [0.2, 0.25) is 0 Å². The van der Waals surface area contributed by atoms with Crippen LogP contribution in [-0.2, 0) is 4.74 Å². The van der Waals surface area contributed by atoms with Crippen molar-refractivity contribution in [3.05, 3.63) is 0 Å². The summed E-state index contributed by atoms with van der Waals surface area (Å²) in [7, 11) is 0. The Balaban J connectivity index is 2.04. The van der Waals surface area contributed by atoms with Gasteiger partial charge in [-0.2, -0.15) is 0 Å². The van der Waals surface area contributed by atoms with Gasteiger partial charge < -0.3 is 15.4 Å². The second-order valence-corrected chi connectivity index (χ2v) is 7.20.